The van der Waals surface area contributed by atoms with Crippen LogP contribution in [0.5, 0.6) is 0 Å². The maximum atomic E-state index is 12.8. The first-order valence-electron chi connectivity index (χ1n) is 9.85. The average molecular weight is 398 g/mol. The van der Waals surface area contributed by atoms with Crippen molar-refractivity contribution in [3.05, 3.63) is 53.9 Å². The number of hydrogen-bond acceptors (Lipinski definition) is 5. The summed E-state index contributed by atoms with van der Waals surface area (Å²) in [4.78, 5) is 38.7. The van der Waals surface area contributed by atoms with Crippen molar-refractivity contribution in [2.45, 2.75) is 38.8 Å². The number of benzene rings is 1. The zero-order chi connectivity index (χ0) is 20.8. The third kappa shape index (κ3) is 5.01. The standard InChI is InChI=1S/C21H26N4O4/c1-3-29-21(28)17-12-22-25(13-17)18-10-7-11-24(14-18)20(27)15(2)23-19(26)16-8-5-4-6-9-16/h4-6,8-9,12-13,15,18H,3,7,10-11,14H2,1-2H3,(H,23,26). The first-order chi connectivity index (χ1) is 14.0. The van der Waals surface area contributed by atoms with Gasteiger partial charge in [-0.25, -0.2) is 4.79 Å². The van der Waals surface area contributed by atoms with Gasteiger partial charge in [-0.2, -0.15) is 5.10 Å². The lowest BCUT2D eigenvalue weighted by Crippen LogP contribution is -2.50. The lowest BCUT2D eigenvalue weighted by Gasteiger charge is -2.34. The molecule has 1 aromatic heterocycles. The number of likely N-dealkylation sites (tertiary alicyclic amines) is 1. The van der Waals surface area contributed by atoms with Crippen molar-refractivity contribution in [3.63, 3.8) is 0 Å². The second-order valence-corrected chi connectivity index (χ2v) is 7.07. The molecule has 1 saturated heterocycles. The molecule has 2 atom stereocenters. The summed E-state index contributed by atoms with van der Waals surface area (Å²) in [5, 5.41) is 7.05. The van der Waals surface area contributed by atoms with Gasteiger partial charge in [-0.15, -0.1) is 0 Å². The molecular formula is C21H26N4O4. The second kappa shape index (κ2) is 9.36. The number of nitrogens with zero attached hydrogens (tertiary/aromatic N) is 3. The fraction of sp³-hybridized carbons (Fsp3) is 0.429. The van der Waals surface area contributed by atoms with E-state index in [1.807, 2.05) is 6.07 Å². The number of piperidine rings is 1. The van der Waals surface area contributed by atoms with Gasteiger partial charge in [-0.3, -0.25) is 14.3 Å². The highest BCUT2D eigenvalue weighted by molar-refractivity contribution is 5.97. The molecule has 2 heterocycles. The van der Waals surface area contributed by atoms with Gasteiger partial charge >= 0.3 is 5.97 Å². The van der Waals surface area contributed by atoms with E-state index in [1.165, 1.54) is 6.20 Å². The Morgan fingerprint density at radius 1 is 1.24 bits per heavy atom. The summed E-state index contributed by atoms with van der Waals surface area (Å²) in [6.07, 6.45) is 4.83. The summed E-state index contributed by atoms with van der Waals surface area (Å²) in [6, 6.07) is 8.17. The molecule has 2 unspecified atom stereocenters. The van der Waals surface area contributed by atoms with E-state index in [9.17, 15) is 14.4 Å². The highest BCUT2D eigenvalue weighted by Gasteiger charge is 2.29. The highest BCUT2D eigenvalue weighted by Crippen LogP contribution is 2.22. The number of hydrogen-bond donors (Lipinski definition) is 1. The van der Waals surface area contributed by atoms with Crippen molar-refractivity contribution in [2.24, 2.45) is 0 Å². The quantitative estimate of drug-likeness (QED) is 0.752. The van der Waals surface area contributed by atoms with E-state index in [0.717, 1.165) is 12.8 Å². The Bertz CT molecular complexity index is 865. The summed E-state index contributed by atoms with van der Waals surface area (Å²) in [5.74, 6) is -0.803. The predicted octanol–water partition coefficient (Wildman–Crippen LogP) is 2.04. The maximum Gasteiger partial charge on any atom is 0.341 e. The van der Waals surface area contributed by atoms with Crippen LogP contribution in [0, 0.1) is 0 Å². The molecule has 1 aliphatic heterocycles. The summed E-state index contributed by atoms with van der Waals surface area (Å²) < 4.78 is 6.72. The number of ether oxygens (including phenoxy) is 1. The van der Waals surface area contributed by atoms with Crippen LogP contribution in [0.2, 0.25) is 0 Å². The SMILES string of the molecule is CCOC(=O)c1cnn(C2CCCN(C(=O)C(C)NC(=O)c3ccccc3)C2)c1. The van der Waals surface area contributed by atoms with Crippen LogP contribution in [-0.2, 0) is 9.53 Å². The van der Waals surface area contributed by atoms with E-state index in [-0.39, 0.29) is 17.9 Å². The Balaban J connectivity index is 1.60. The van der Waals surface area contributed by atoms with Gasteiger partial charge in [0.25, 0.3) is 5.91 Å². The van der Waals surface area contributed by atoms with Crippen molar-refractivity contribution in [2.75, 3.05) is 19.7 Å². The largest absolute Gasteiger partial charge is 0.462 e. The van der Waals surface area contributed by atoms with E-state index in [0.29, 0.717) is 30.8 Å². The van der Waals surface area contributed by atoms with Gasteiger partial charge in [0, 0.05) is 24.8 Å². The second-order valence-electron chi connectivity index (χ2n) is 7.07. The minimum Gasteiger partial charge on any atom is -0.462 e. The highest BCUT2D eigenvalue weighted by atomic mass is 16.5. The smallest absolute Gasteiger partial charge is 0.341 e. The summed E-state index contributed by atoms with van der Waals surface area (Å²) >= 11 is 0. The Hall–Kier alpha value is -3.16. The third-order valence-corrected chi connectivity index (χ3v) is 4.95. The van der Waals surface area contributed by atoms with Crippen LogP contribution in [0.4, 0.5) is 0 Å². The van der Waals surface area contributed by atoms with Gasteiger partial charge in [0.05, 0.1) is 24.4 Å². The van der Waals surface area contributed by atoms with Crippen LogP contribution in [0.25, 0.3) is 0 Å². The molecule has 29 heavy (non-hydrogen) atoms. The van der Waals surface area contributed by atoms with Crippen molar-refractivity contribution in [1.29, 1.82) is 0 Å². The zero-order valence-electron chi connectivity index (χ0n) is 16.7. The molecule has 8 nitrogen and oxygen atoms in total. The number of aromatic nitrogens is 2. The number of carbonyl (C=O) groups excluding carboxylic acids is 3. The van der Waals surface area contributed by atoms with Gasteiger partial charge in [0.1, 0.15) is 6.04 Å². The molecule has 0 saturated carbocycles. The van der Waals surface area contributed by atoms with Gasteiger partial charge in [0.2, 0.25) is 5.91 Å². The monoisotopic (exact) mass is 398 g/mol. The number of nitrogens with one attached hydrogen (secondary N) is 1. The van der Waals surface area contributed by atoms with Crippen LogP contribution in [0.15, 0.2) is 42.7 Å². The van der Waals surface area contributed by atoms with Crippen LogP contribution in [-0.4, -0.2) is 58.2 Å². The molecule has 1 fully saturated rings. The Labute approximate surface area is 169 Å². The summed E-state index contributed by atoms with van der Waals surface area (Å²) in [7, 11) is 0. The van der Waals surface area contributed by atoms with E-state index in [2.05, 4.69) is 10.4 Å². The molecular weight excluding hydrogens is 372 g/mol. The maximum absolute atomic E-state index is 12.8. The topological polar surface area (TPSA) is 93.5 Å². The molecule has 1 aliphatic rings. The molecule has 8 heteroatoms. The molecule has 0 spiro atoms. The molecule has 3 rings (SSSR count). The van der Waals surface area contributed by atoms with E-state index >= 15 is 0 Å². The molecule has 0 aliphatic carbocycles. The van der Waals surface area contributed by atoms with Crippen LogP contribution in [0.1, 0.15) is 53.4 Å². The van der Waals surface area contributed by atoms with Gasteiger partial charge in [-0.05, 0) is 38.8 Å². The fourth-order valence-corrected chi connectivity index (χ4v) is 3.43. The Morgan fingerprint density at radius 3 is 2.72 bits per heavy atom. The predicted molar refractivity (Wildman–Crippen MR) is 106 cm³/mol. The van der Waals surface area contributed by atoms with Gasteiger partial charge in [-0.1, -0.05) is 18.2 Å². The number of carbonyl (C=O) groups is 3. The normalized spacial score (nSPS) is 17.4. The van der Waals surface area contributed by atoms with Crippen LogP contribution in [0.3, 0.4) is 0 Å². The first-order valence-corrected chi connectivity index (χ1v) is 9.85. The molecule has 1 aromatic carbocycles. The third-order valence-electron chi connectivity index (χ3n) is 4.95. The zero-order valence-corrected chi connectivity index (χ0v) is 16.7. The van der Waals surface area contributed by atoms with Gasteiger partial charge < -0.3 is 15.0 Å². The minimum absolute atomic E-state index is 0.0205. The fourth-order valence-electron chi connectivity index (χ4n) is 3.43. The molecule has 2 amide bonds. The van der Waals surface area contributed by atoms with Crippen molar-refractivity contribution in [1.82, 2.24) is 20.0 Å². The lowest BCUT2D eigenvalue weighted by molar-refractivity contribution is -0.134. The molecule has 2 aromatic rings. The molecule has 154 valence electrons. The first kappa shape index (κ1) is 20.6. The Morgan fingerprint density at radius 2 is 2.00 bits per heavy atom. The minimum atomic E-state index is -0.630. The molecule has 0 bridgehead atoms. The van der Waals surface area contributed by atoms with Gasteiger partial charge in [0.15, 0.2) is 0 Å². The summed E-state index contributed by atoms with van der Waals surface area (Å²) in [5.41, 5.74) is 0.922. The van der Waals surface area contributed by atoms with E-state index in [1.54, 1.807) is 53.9 Å². The number of amides is 2. The van der Waals surface area contributed by atoms with Crippen molar-refractivity contribution >= 4 is 17.8 Å². The van der Waals surface area contributed by atoms with E-state index < -0.39 is 12.0 Å². The Kier molecular flexibility index (Phi) is 6.64. The van der Waals surface area contributed by atoms with Crippen molar-refractivity contribution < 1.29 is 19.1 Å². The molecule has 0 radical (unpaired) electrons. The van der Waals surface area contributed by atoms with E-state index in [4.69, 9.17) is 4.74 Å². The van der Waals surface area contributed by atoms with Crippen LogP contribution >= 0.6 is 0 Å². The number of rotatable bonds is 6. The van der Waals surface area contributed by atoms with Crippen LogP contribution < -0.4 is 5.32 Å². The molecule has 1 N–H and O–H groups in total. The average Bonchev–Trinajstić information content (AvgIpc) is 3.24. The lowest BCUT2D eigenvalue weighted by atomic mass is 10.0. The van der Waals surface area contributed by atoms with Crippen molar-refractivity contribution in [3.8, 4) is 0 Å². The summed E-state index contributed by atoms with van der Waals surface area (Å²) in [6.45, 7) is 4.87. The number of esters is 1.